The summed E-state index contributed by atoms with van der Waals surface area (Å²) in [4.78, 5) is 11.7. The SMILES string of the molecule is CCCCCCCCCCCCCCCCCC(=O)OCCCCCCCCC. The number of hydrogen-bond acceptors (Lipinski definition) is 2. The fraction of sp³-hybridized carbons (Fsp3) is 0.963. The van der Waals surface area contributed by atoms with Crippen LogP contribution in [0.5, 0.6) is 0 Å². The average Bonchev–Trinajstić information content (AvgIpc) is 2.72. The molecule has 0 unspecified atom stereocenters. The molecule has 0 atom stereocenters. The minimum absolute atomic E-state index is 0.0191. The van der Waals surface area contributed by atoms with Crippen LogP contribution in [0.2, 0.25) is 0 Å². The molecule has 0 saturated heterocycles. The molecular formula is C27H54O2. The first kappa shape index (κ1) is 28.5. The summed E-state index contributed by atoms with van der Waals surface area (Å²) in [5, 5.41) is 0. The quantitative estimate of drug-likeness (QED) is 0.117. The van der Waals surface area contributed by atoms with Crippen molar-refractivity contribution >= 4 is 5.97 Å². The van der Waals surface area contributed by atoms with Crippen LogP contribution in [0.3, 0.4) is 0 Å². The van der Waals surface area contributed by atoms with Crippen molar-refractivity contribution in [1.82, 2.24) is 0 Å². The predicted molar refractivity (Wildman–Crippen MR) is 128 cm³/mol. The Morgan fingerprint density at radius 1 is 0.448 bits per heavy atom. The van der Waals surface area contributed by atoms with Gasteiger partial charge in [-0.1, -0.05) is 142 Å². The largest absolute Gasteiger partial charge is 0.466 e. The lowest BCUT2D eigenvalue weighted by Crippen LogP contribution is -2.05. The van der Waals surface area contributed by atoms with Gasteiger partial charge in [0, 0.05) is 6.42 Å². The number of unbranched alkanes of at least 4 members (excludes halogenated alkanes) is 20. The Labute approximate surface area is 184 Å². The molecule has 0 bridgehead atoms. The first-order chi connectivity index (χ1) is 14.3. The zero-order chi connectivity index (χ0) is 21.3. The standard InChI is InChI=1S/C27H54O2/c1-3-5-7-9-11-12-13-14-15-16-17-18-19-21-23-25-27(28)29-26-24-22-20-10-8-6-4-2/h3-26H2,1-2H3. The molecule has 0 radical (unpaired) electrons. The van der Waals surface area contributed by atoms with Gasteiger partial charge >= 0.3 is 5.97 Å². The van der Waals surface area contributed by atoms with Crippen LogP contribution in [0.15, 0.2) is 0 Å². The highest BCUT2D eigenvalue weighted by atomic mass is 16.5. The number of rotatable bonds is 24. The molecule has 0 heterocycles. The van der Waals surface area contributed by atoms with E-state index in [9.17, 15) is 4.79 Å². The Morgan fingerprint density at radius 3 is 1.14 bits per heavy atom. The third-order valence-electron chi connectivity index (χ3n) is 6.00. The molecule has 0 fully saturated rings. The second-order valence-corrected chi connectivity index (χ2v) is 9.04. The Morgan fingerprint density at radius 2 is 0.759 bits per heavy atom. The lowest BCUT2D eigenvalue weighted by molar-refractivity contribution is -0.143. The van der Waals surface area contributed by atoms with Gasteiger partial charge in [-0.25, -0.2) is 0 Å². The van der Waals surface area contributed by atoms with Gasteiger partial charge in [0.05, 0.1) is 6.61 Å². The lowest BCUT2D eigenvalue weighted by atomic mass is 10.0. The fourth-order valence-electron chi connectivity index (χ4n) is 3.96. The summed E-state index contributed by atoms with van der Waals surface area (Å²) in [6.07, 6.45) is 29.9. The van der Waals surface area contributed by atoms with E-state index in [0.717, 1.165) is 12.8 Å². The molecular weight excluding hydrogens is 356 g/mol. The molecule has 0 N–H and O–H groups in total. The molecule has 0 aliphatic rings. The molecule has 0 aliphatic heterocycles. The number of carbonyl (C=O) groups is 1. The van der Waals surface area contributed by atoms with Crippen molar-refractivity contribution in [2.75, 3.05) is 6.61 Å². The lowest BCUT2D eigenvalue weighted by Gasteiger charge is -2.05. The van der Waals surface area contributed by atoms with Crippen molar-refractivity contribution in [1.29, 1.82) is 0 Å². The van der Waals surface area contributed by atoms with Crippen LogP contribution in [0, 0.1) is 0 Å². The molecule has 0 saturated carbocycles. The summed E-state index contributed by atoms with van der Waals surface area (Å²) in [6, 6.07) is 0. The van der Waals surface area contributed by atoms with Gasteiger partial charge in [-0.2, -0.15) is 0 Å². The molecule has 0 aromatic carbocycles. The monoisotopic (exact) mass is 410 g/mol. The summed E-state index contributed by atoms with van der Waals surface area (Å²) < 4.78 is 5.35. The molecule has 0 aromatic rings. The maximum atomic E-state index is 11.7. The topological polar surface area (TPSA) is 26.3 Å². The van der Waals surface area contributed by atoms with E-state index in [1.807, 2.05) is 0 Å². The van der Waals surface area contributed by atoms with Gasteiger partial charge in [-0.3, -0.25) is 4.79 Å². The minimum atomic E-state index is 0.0191. The smallest absolute Gasteiger partial charge is 0.305 e. The van der Waals surface area contributed by atoms with Crippen LogP contribution in [0.4, 0.5) is 0 Å². The van der Waals surface area contributed by atoms with E-state index in [1.165, 1.54) is 128 Å². The molecule has 174 valence electrons. The van der Waals surface area contributed by atoms with Crippen LogP contribution in [0.1, 0.15) is 162 Å². The first-order valence-corrected chi connectivity index (χ1v) is 13.5. The normalized spacial score (nSPS) is 11.1. The van der Waals surface area contributed by atoms with E-state index >= 15 is 0 Å². The molecule has 29 heavy (non-hydrogen) atoms. The molecule has 0 spiro atoms. The van der Waals surface area contributed by atoms with Crippen LogP contribution in [-0.2, 0) is 9.53 Å². The van der Waals surface area contributed by atoms with E-state index in [0.29, 0.717) is 13.0 Å². The molecule has 2 heteroatoms. The summed E-state index contributed by atoms with van der Waals surface area (Å²) >= 11 is 0. The predicted octanol–water partition coefficient (Wildman–Crippen LogP) is 9.54. The van der Waals surface area contributed by atoms with Gasteiger partial charge in [0.1, 0.15) is 0 Å². The second-order valence-electron chi connectivity index (χ2n) is 9.04. The maximum absolute atomic E-state index is 11.7. The van der Waals surface area contributed by atoms with Gasteiger partial charge in [0.25, 0.3) is 0 Å². The van der Waals surface area contributed by atoms with Gasteiger partial charge < -0.3 is 4.74 Å². The van der Waals surface area contributed by atoms with Gasteiger partial charge in [-0.05, 0) is 12.8 Å². The number of hydrogen-bond donors (Lipinski definition) is 0. The Kier molecular flexibility index (Phi) is 25.0. The highest BCUT2D eigenvalue weighted by Crippen LogP contribution is 2.14. The maximum Gasteiger partial charge on any atom is 0.305 e. The van der Waals surface area contributed by atoms with Crippen LogP contribution < -0.4 is 0 Å². The van der Waals surface area contributed by atoms with E-state index in [4.69, 9.17) is 4.74 Å². The Balaban J connectivity index is 3.12. The summed E-state index contributed by atoms with van der Waals surface area (Å²) in [5.41, 5.74) is 0. The highest BCUT2D eigenvalue weighted by molar-refractivity contribution is 5.69. The summed E-state index contributed by atoms with van der Waals surface area (Å²) in [5.74, 6) is 0.0191. The van der Waals surface area contributed by atoms with Crippen LogP contribution in [-0.4, -0.2) is 12.6 Å². The molecule has 0 aromatic heterocycles. The first-order valence-electron chi connectivity index (χ1n) is 13.5. The van der Waals surface area contributed by atoms with Gasteiger partial charge in [0.2, 0.25) is 0 Å². The van der Waals surface area contributed by atoms with Gasteiger partial charge in [0.15, 0.2) is 0 Å². The molecule has 0 aliphatic carbocycles. The summed E-state index contributed by atoms with van der Waals surface area (Å²) in [7, 11) is 0. The van der Waals surface area contributed by atoms with E-state index in [-0.39, 0.29) is 5.97 Å². The molecule has 2 nitrogen and oxygen atoms in total. The zero-order valence-corrected chi connectivity index (χ0v) is 20.3. The highest BCUT2D eigenvalue weighted by Gasteiger charge is 2.02. The van der Waals surface area contributed by atoms with Crippen molar-refractivity contribution in [3.8, 4) is 0 Å². The number of ether oxygens (including phenoxy) is 1. The summed E-state index contributed by atoms with van der Waals surface area (Å²) in [6.45, 7) is 5.16. The minimum Gasteiger partial charge on any atom is -0.466 e. The van der Waals surface area contributed by atoms with Crippen molar-refractivity contribution in [2.24, 2.45) is 0 Å². The van der Waals surface area contributed by atoms with Crippen molar-refractivity contribution < 1.29 is 9.53 Å². The Bertz CT molecular complexity index is 314. The van der Waals surface area contributed by atoms with Crippen LogP contribution >= 0.6 is 0 Å². The zero-order valence-electron chi connectivity index (χ0n) is 20.3. The fourth-order valence-corrected chi connectivity index (χ4v) is 3.96. The van der Waals surface area contributed by atoms with Crippen LogP contribution in [0.25, 0.3) is 0 Å². The van der Waals surface area contributed by atoms with Crippen molar-refractivity contribution in [3.05, 3.63) is 0 Å². The van der Waals surface area contributed by atoms with Crippen molar-refractivity contribution in [3.63, 3.8) is 0 Å². The van der Waals surface area contributed by atoms with Crippen molar-refractivity contribution in [2.45, 2.75) is 162 Å². The number of carbonyl (C=O) groups excluding carboxylic acids is 1. The van der Waals surface area contributed by atoms with Gasteiger partial charge in [-0.15, -0.1) is 0 Å². The third kappa shape index (κ3) is 25.4. The molecule has 0 amide bonds. The number of esters is 1. The second kappa shape index (κ2) is 25.5. The Hall–Kier alpha value is -0.530. The van der Waals surface area contributed by atoms with E-state index < -0.39 is 0 Å². The molecule has 0 rings (SSSR count). The third-order valence-corrected chi connectivity index (χ3v) is 6.00. The average molecular weight is 411 g/mol. The van der Waals surface area contributed by atoms with E-state index in [1.54, 1.807) is 0 Å². The van der Waals surface area contributed by atoms with E-state index in [2.05, 4.69) is 13.8 Å².